The van der Waals surface area contributed by atoms with E-state index in [4.69, 9.17) is 4.74 Å². The van der Waals surface area contributed by atoms with E-state index in [0.29, 0.717) is 18.4 Å². The predicted octanol–water partition coefficient (Wildman–Crippen LogP) is 2.90. The van der Waals surface area contributed by atoms with Crippen molar-refractivity contribution >= 4 is 34.9 Å². The van der Waals surface area contributed by atoms with Crippen molar-refractivity contribution in [2.45, 2.75) is 26.8 Å². The van der Waals surface area contributed by atoms with Crippen molar-refractivity contribution in [1.29, 1.82) is 0 Å². The number of carbonyl (C=O) groups is 3. The van der Waals surface area contributed by atoms with Crippen molar-refractivity contribution in [2.75, 3.05) is 6.61 Å². The van der Waals surface area contributed by atoms with E-state index in [1.54, 1.807) is 13.1 Å². The number of rotatable bonds is 5. The maximum Gasteiger partial charge on any atom is 0.325 e. The number of aromatic nitrogens is 1. The molecule has 2 aromatic rings. The van der Waals surface area contributed by atoms with Gasteiger partial charge in [-0.05, 0) is 50.0 Å². The minimum Gasteiger partial charge on any atom is -0.465 e. The number of benzene rings is 1. The summed E-state index contributed by atoms with van der Waals surface area (Å²) in [5, 5.41) is 6.42. The zero-order valence-electron chi connectivity index (χ0n) is 18.1. The molecule has 2 amide bonds. The van der Waals surface area contributed by atoms with Crippen LogP contribution in [0.25, 0.3) is 10.9 Å². The SMILES string of the molecule is CCOC(=O)Cn1c(C)c(/C=N\N2C(=O)[C@@H]3[C@H]4C=C[C@@H]([C@@H]5C[C@@H]45)[C@@H]3C2=O)c2ccccc21. The number of hydrazone groups is 1. The Morgan fingerprint density at radius 2 is 1.78 bits per heavy atom. The summed E-state index contributed by atoms with van der Waals surface area (Å²) in [6, 6.07) is 7.73. The third-order valence-electron chi connectivity index (χ3n) is 7.81. The third kappa shape index (κ3) is 2.60. The summed E-state index contributed by atoms with van der Waals surface area (Å²) in [7, 11) is 0. The van der Waals surface area contributed by atoms with Crippen LogP contribution in [0.1, 0.15) is 24.6 Å². The van der Waals surface area contributed by atoms with Crippen molar-refractivity contribution in [3.63, 3.8) is 0 Å². The predicted molar refractivity (Wildman–Crippen MR) is 117 cm³/mol. The van der Waals surface area contributed by atoms with E-state index < -0.39 is 0 Å². The first kappa shape index (κ1) is 19.5. The number of carbonyl (C=O) groups excluding carboxylic acids is 3. The number of fused-ring (bicyclic) bond motifs is 1. The largest absolute Gasteiger partial charge is 0.465 e. The molecule has 0 unspecified atom stereocenters. The molecule has 2 heterocycles. The molecule has 0 spiro atoms. The van der Waals surface area contributed by atoms with Crippen molar-refractivity contribution in [2.24, 2.45) is 40.6 Å². The third-order valence-corrected chi connectivity index (χ3v) is 7.81. The topological polar surface area (TPSA) is 81.0 Å². The number of ether oxygens (including phenoxy) is 1. The number of imide groups is 1. The maximum atomic E-state index is 13.2. The molecule has 2 saturated carbocycles. The number of amides is 2. The molecule has 7 rings (SSSR count). The lowest BCUT2D eigenvalue weighted by molar-refractivity contribution is -0.144. The Kier molecular flexibility index (Phi) is 4.19. The van der Waals surface area contributed by atoms with Gasteiger partial charge in [0, 0.05) is 22.2 Å². The van der Waals surface area contributed by atoms with Gasteiger partial charge in [-0.3, -0.25) is 14.4 Å². The molecule has 7 nitrogen and oxygen atoms in total. The van der Waals surface area contributed by atoms with E-state index in [1.807, 2.05) is 35.8 Å². The van der Waals surface area contributed by atoms with E-state index in [0.717, 1.165) is 33.6 Å². The van der Waals surface area contributed by atoms with E-state index in [1.165, 1.54) is 0 Å². The smallest absolute Gasteiger partial charge is 0.325 e. The van der Waals surface area contributed by atoms with E-state index in [2.05, 4.69) is 17.3 Å². The first-order valence-corrected chi connectivity index (χ1v) is 11.3. The number of hydrogen-bond donors (Lipinski definition) is 0. The summed E-state index contributed by atoms with van der Waals surface area (Å²) in [5.74, 6) is 0.317. The van der Waals surface area contributed by atoms with Crippen LogP contribution in [0.3, 0.4) is 0 Å². The monoisotopic (exact) mass is 431 g/mol. The van der Waals surface area contributed by atoms with Crippen molar-refractivity contribution in [1.82, 2.24) is 9.58 Å². The molecule has 1 aromatic heterocycles. The molecule has 4 aliphatic carbocycles. The van der Waals surface area contributed by atoms with Crippen LogP contribution in [0.4, 0.5) is 0 Å². The highest BCUT2D eigenvalue weighted by molar-refractivity contribution is 6.08. The molecule has 3 fully saturated rings. The van der Waals surface area contributed by atoms with Gasteiger partial charge in [0.25, 0.3) is 11.8 Å². The minimum atomic E-state index is -0.310. The Balaban J connectivity index is 1.34. The first-order valence-electron chi connectivity index (χ1n) is 11.3. The van der Waals surface area contributed by atoms with Crippen LogP contribution in [0.5, 0.6) is 0 Å². The van der Waals surface area contributed by atoms with Gasteiger partial charge in [0.2, 0.25) is 0 Å². The Labute approximate surface area is 185 Å². The highest BCUT2D eigenvalue weighted by Gasteiger charge is 2.67. The zero-order chi connectivity index (χ0) is 22.1. The van der Waals surface area contributed by atoms with Crippen molar-refractivity contribution < 1.29 is 19.1 Å². The summed E-state index contributed by atoms with van der Waals surface area (Å²) in [6.07, 6.45) is 7.05. The second-order valence-corrected chi connectivity index (χ2v) is 9.29. The Morgan fingerprint density at radius 1 is 1.12 bits per heavy atom. The lowest BCUT2D eigenvalue weighted by Crippen LogP contribution is -2.40. The second kappa shape index (κ2) is 6.89. The molecule has 6 atom stereocenters. The summed E-state index contributed by atoms with van der Waals surface area (Å²) in [4.78, 5) is 38.5. The number of hydrogen-bond acceptors (Lipinski definition) is 5. The molecule has 0 N–H and O–H groups in total. The summed E-state index contributed by atoms with van der Waals surface area (Å²) in [5.41, 5.74) is 2.52. The Morgan fingerprint density at radius 3 is 2.44 bits per heavy atom. The van der Waals surface area contributed by atoms with E-state index in [-0.39, 0.29) is 48.0 Å². The van der Waals surface area contributed by atoms with E-state index in [9.17, 15) is 14.4 Å². The average Bonchev–Trinajstić information content (AvgIpc) is 3.53. The number of nitrogens with zero attached hydrogens (tertiary/aromatic N) is 3. The molecular weight excluding hydrogens is 406 g/mol. The Hall–Kier alpha value is -3.22. The molecule has 164 valence electrons. The van der Waals surface area contributed by atoms with Gasteiger partial charge < -0.3 is 9.30 Å². The summed E-state index contributed by atoms with van der Waals surface area (Å²) in [6.45, 7) is 4.11. The highest BCUT2D eigenvalue weighted by atomic mass is 16.5. The number of esters is 1. The molecule has 1 aromatic carbocycles. The minimum absolute atomic E-state index is 0.0948. The normalized spacial score (nSPS) is 32.1. The van der Waals surface area contributed by atoms with Crippen LogP contribution < -0.4 is 0 Å². The zero-order valence-corrected chi connectivity index (χ0v) is 18.1. The molecule has 1 aliphatic heterocycles. The lowest BCUT2D eigenvalue weighted by Gasteiger charge is -2.37. The van der Waals surface area contributed by atoms with Crippen LogP contribution in [-0.2, 0) is 25.7 Å². The van der Waals surface area contributed by atoms with Gasteiger partial charge in [0.15, 0.2) is 0 Å². The molecule has 5 aliphatic rings. The van der Waals surface area contributed by atoms with Gasteiger partial charge in [0.05, 0.1) is 24.7 Å². The molecule has 2 bridgehead atoms. The number of allylic oxidation sites excluding steroid dienone is 2. The van der Waals surface area contributed by atoms with Gasteiger partial charge in [-0.25, -0.2) is 0 Å². The average molecular weight is 431 g/mol. The van der Waals surface area contributed by atoms with Crippen molar-refractivity contribution in [3.8, 4) is 0 Å². The molecular formula is C25H25N3O4. The number of para-hydroxylation sites is 1. The van der Waals surface area contributed by atoms with Gasteiger partial charge >= 0.3 is 5.97 Å². The summed E-state index contributed by atoms with van der Waals surface area (Å²) < 4.78 is 7.01. The molecule has 32 heavy (non-hydrogen) atoms. The quantitative estimate of drug-likeness (QED) is 0.316. The maximum absolute atomic E-state index is 13.2. The van der Waals surface area contributed by atoms with Crippen LogP contribution in [-0.4, -0.2) is 40.2 Å². The first-order chi connectivity index (χ1) is 15.5. The molecule has 0 radical (unpaired) electrons. The van der Waals surface area contributed by atoms with Crippen molar-refractivity contribution in [3.05, 3.63) is 47.7 Å². The fourth-order valence-corrected chi connectivity index (χ4v) is 6.33. The van der Waals surface area contributed by atoms with Crippen LogP contribution in [0.15, 0.2) is 41.5 Å². The van der Waals surface area contributed by atoms with Gasteiger partial charge in [0.1, 0.15) is 6.54 Å². The Bertz CT molecular complexity index is 1190. The molecule has 1 saturated heterocycles. The summed E-state index contributed by atoms with van der Waals surface area (Å²) >= 11 is 0. The van der Waals surface area contributed by atoms with Gasteiger partial charge in [-0.1, -0.05) is 30.4 Å². The second-order valence-electron chi connectivity index (χ2n) is 9.29. The van der Waals surface area contributed by atoms with Crippen LogP contribution in [0, 0.1) is 42.4 Å². The standard InChI is InChI=1S/C25H25N3O4/c1-3-32-21(29)12-27-13(2)19(14-6-4-5-7-20(14)27)11-26-28-24(30)22-15-8-9-16(18-10-17(15)18)23(22)25(28)31/h4-9,11,15-18,22-23H,3,10,12H2,1-2H3/b26-11-/t15-,16-,17-,18-,22-,23+/m0/s1. The lowest BCUT2D eigenvalue weighted by atomic mass is 9.63. The fraction of sp³-hybridized carbons (Fsp3) is 0.440. The van der Waals surface area contributed by atoms with Gasteiger partial charge in [-0.15, -0.1) is 0 Å². The fourth-order valence-electron chi connectivity index (χ4n) is 6.33. The molecule has 7 heteroatoms. The van der Waals surface area contributed by atoms with Gasteiger partial charge in [-0.2, -0.15) is 10.1 Å². The van der Waals surface area contributed by atoms with Crippen LogP contribution in [0.2, 0.25) is 0 Å². The van der Waals surface area contributed by atoms with Crippen LogP contribution >= 0.6 is 0 Å². The highest BCUT2D eigenvalue weighted by Crippen LogP contribution is 2.65. The van der Waals surface area contributed by atoms with E-state index >= 15 is 0 Å².